The molecule has 1 unspecified atom stereocenters. The van der Waals surface area contributed by atoms with Crippen LogP contribution >= 0.6 is 39.2 Å². The highest BCUT2D eigenvalue weighted by molar-refractivity contribution is 8.14. The van der Waals surface area contributed by atoms with Crippen molar-refractivity contribution in [2.75, 3.05) is 101 Å². The van der Waals surface area contributed by atoms with Gasteiger partial charge < -0.3 is 38.6 Å². The predicted octanol–water partition coefficient (Wildman–Crippen LogP) is 7.96. The van der Waals surface area contributed by atoms with Crippen LogP contribution in [0.25, 0.3) is 0 Å². The van der Waals surface area contributed by atoms with Gasteiger partial charge in [-0.05, 0) is 38.3 Å². The number of likely N-dealkylation sites (tertiary alicyclic amines) is 1. The number of unbranched alkanes of at least 4 members (excludes halogenated alkanes) is 1. The van der Waals surface area contributed by atoms with Crippen molar-refractivity contribution in [1.82, 2.24) is 10.2 Å². The summed E-state index contributed by atoms with van der Waals surface area (Å²) < 4.78 is 83.2. The Balaban J connectivity index is 0.000000489. The van der Waals surface area contributed by atoms with Gasteiger partial charge in [0.1, 0.15) is 13.2 Å². The van der Waals surface area contributed by atoms with Gasteiger partial charge >= 0.3 is 27.8 Å². The van der Waals surface area contributed by atoms with Crippen molar-refractivity contribution in [2.24, 2.45) is 10.8 Å². The van der Waals surface area contributed by atoms with Crippen molar-refractivity contribution in [1.29, 1.82) is 0 Å². The van der Waals surface area contributed by atoms with Crippen LogP contribution in [0.15, 0.2) is 24.3 Å². The third-order valence-electron chi connectivity index (χ3n) is 10.2. The van der Waals surface area contributed by atoms with Gasteiger partial charge in [-0.2, -0.15) is 0 Å². The van der Waals surface area contributed by atoms with E-state index in [4.69, 9.17) is 37.5 Å². The van der Waals surface area contributed by atoms with Gasteiger partial charge in [0.25, 0.3) is 11.4 Å². The maximum atomic E-state index is 12.8. The molecule has 2 amide bonds. The largest absolute Gasteiger partial charge is 0.493 e. The molecule has 1 N–H and O–H groups in total. The molecule has 0 radical (unpaired) electrons. The highest BCUT2D eigenvalue weighted by Gasteiger charge is 2.42. The van der Waals surface area contributed by atoms with Crippen LogP contribution in [0.3, 0.4) is 0 Å². The van der Waals surface area contributed by atoms with Gasteiger partial charge in [0.05, 0.1) is 85.6 Å². The van der Waals surface area contributed by atoms with Crippen LogP contribution in [0.1, 0.15) is 51.2 Å². The van der Waals surface area contributed by atoms with Gasteiger partial charge in [-0.1, -0.05) is 37.4 Å². The number of phosphoric acid groups is 2. The Bertz CT molecular complexity index is 2240. The monoisotopic (exact) mass is 1090 g/mol. The number of alkyl carbamates (subject to hydrolysis) is 1. The Labute approximate surface area is 419 Å². The molecule has 1 atom stereocenters. The minimum Gasteiger partial charge on any atom is -0.493 e. The van der Waals surface area contributed by atoms with Gasteiger partial charge in [0.2, 0.25) is 0 Å². The van der Waals surface area contributed by atoms with Crippen LogP contribution in [0, 0.1) is 31.1 Å². The maximum absolute atomic E-state index is 12.8. The van der Waals surface area contributed by atoms with E-state index in [-0.39, 0.29) is 94.4 Å². The van der Waals surface area contributed by atoms with Gasteiger partial charge in [-0.15, -0.1) is 0 Å². The quantitative estimate of drug-likeness (QED) is 0.0365. The molecule has 2 aromatic carbocycles. The molecular formula is C41H62N4O22P2S2. The number of ether oxygens (including phenoxy) is 6. The molecule has 1 saturated heterocycles. The summed E-state index contributed by atoms with van der Waals surface area (Å²) in [5.74, 6) is 1.59. The number of nitrogens with one attached hydrogen (secondary N) is 1. The standard InChI is InChI=1S/C22H33N2O11PS.C19H29N2O11PS/c1-22(20(25)37-11-7-6-10-35-36(29,32-4)33-5)8-9-23(15-22)21(26)34-14-16-12-18(30-2)19(31-3)13-17(16)24(27)28;1-19(2,17(22)34-8-7-32-33(26,29-5)30-6)12-20-18(23)31-11-13-9-15(27-3)16(28-4)10-14(13)21(24)25/h12-13H,6-11,14-15H2,1-5H3;9-10H,7-8,11-12H2,1-6H3,(H,20,23). The number of carbonyl (C=O) groups excluding carboxylic acids is 4. The first kappa shape index (κ1) is 62.4. The normalized spacial score (nSPS) is 14.7. The summed E-state index contributed by atoms with van der Waals surface area (Å²) in [5.41, 5.74) is -2.01. The number of phosphoric ester groups is 2. The Hall–Kier alpha value is -4.76. The molecule has 0 saturated carbocycles. The van der Waals surface area contributed by atoms with Crippen LogP contribution in [0.4, 0.5) is 21.0 Å². The zero-order valence-corrected chi connectivity index (χ0v) is 44.8. The van der Waals surface area contributed by atoms with Gasteiger partial charge in [0.15, 0.2) is 33.2 Å². The van der Waals surface area contributed by atoms with Gasteiger partial charge in [-0.3, -0.25) is 57.0 Å². The van der Waals surface area contributed by atoms with Crippen molar-refractivity contribution in [3.05, 3.63) is 55.6 Å². The molecule has 1 aliphatic rings. The fourth-order valence-electron chi connectivity index (χ4n) is 6.02. The molecule has 0 aromatic heterocycles. The fourth-order valence-corrected chi connectivity index (χ4v) is 9.40. The molecular weight excluding hydrogens is 1030 g/mol. The second-order valence-electron chi connectivity index (χ2n) is 15.6. The molecule has 3 rings (SSSR count). The van der Waals surface area contributed by atoms with Crippen molar-refractivity contribution < 1.29 is 93.7 Å². The first-order chi connectivity index (χ1) is 33.4. The predicted molar refractivity (Wildman–Crippen MR) is 258 cm³/mol. The fraction of sp³-hybridized carbons (Fsp3) is 0.610. The first-order valence-electron chi connectivity index (χ1n) is 21.1. The number of rotatable bonds is 28. The van der Waals surface area contributed by atoms with E-state index in [0.29, 0.717) is 31.6 Å². The minimum atomic E-state index is -3.62. The Kier molecular flexibility index (Phi) is 26.1. The molecule has 1 fully saturated rings. The summed E-state index contributed by atoms with van der Waals surface area (Å²) in [6.07, 6.45) is 0.158. The molecule has 400 valence electrons. The summed E-state index contributed by atoms with van der Waals surface area (Å²) >= 11 is 2.10. The summed E-state index contributed by atoms with van der Waals surface area (Å²) in [6.45, 7) is 4.87. The van der Waals surface area contributed by atoms with Crippen molar-refractivity contribution in [3.8, 4) is 23.0 Å². The lowest BCUT2D eigenvalue weighted by Crippen LogP contribution is -2.38. The van der Waals surface area contributed by atoms with E-state index < -0.39 is 55.1 Å². The number of hydrogen-bond acceptors (Lipinski definition) is 24. The average molecular weight is 1090 g/mol. The molecule has 0 bridgehead atoms. The number of nitro benzene ring substituents is 2. The molecule has 2 aromatic rings. The lowest BCUT2D eigenvalue weighted by atomic mass is 9.92. The van der Waals surface area contributed by atoms with Crippen LogP contribution in [0.2, 0.25) is 0 Å². The van der Waals surface area contributed by atoms with Crippen LogP contribution < -0.4 is 24.3 Å². The van der Waals surface area contributed by atoms with Crippen LogP contribution in [-0.2, 0) is 68.5 Å². The molecule has 0 spiro atoms. The van der Waals surface area contributed by atoms with E-state index in [1.165, 1.54) is 97.8 Å². The Morgan fingerprint density at radius 3 is 1.63 bits per heavy atom. The van der Waals surface area contributed by atoms with Crippen molar-refractivity contribution in [3.63, 3.8) is 0 Å². The molecule has 1 aliphatic heterocycles. The van der Waals surface area contributed by atoms with E-state index in [2.05, 4.69) is 23.4 Å². The summed E-state index contributed by atoms with van der Waals surface area (Å²) in [4.78, 5) is 73.1. The molecule has 30 heteroatoms. The lowest BCUT2D eigenvalue weighted by Gasteiger charge is -2.22. The Morgan fingerprint density at radius 1 is 0.704 bits per heavy atom. The topological polar surface area (TPSA) is 315 Å². The lowest BCUT2D eigenvalue weighted by molar-refractivity contribution is -0.386. The summed E-state index contributed by atoms with van der Waals surface area (Å²) in [5, 5.41) is 25.0. The van der Waals surface area contributed by atoms with Gasteiger partial charge in [-0.25, -0.2) is 18.7 Å². The van der Waals surface area contributed by atoms with E-state index in [9.17, 15) is 48.5 Å². The average Bonchev–Trinajstić information content (AvgIpc) is 3.78. The number of nitro groups is 2. The van der Waals surface area contributed by atoms with E-state index in [1.54, 1.807) is 20.8 Å². The van der Waals surface area contributed by atoms with E-state index >= 15 is 0 Å². The second kappa shape index (κ2) is 29.7. The zero-order chi connectivity index (χ0) is 53.6. The zero-order valence-electron chi connectivity index (χ0n) is 41.3. The number of nitrogens with zero attached hydrogens (tertiary/aromatic N) is 3. The summed E-state index contributed by atoms with van der Waals surface area (Å²) in [7, 11) is 3.19. The van der Waals surface area contributed by atoms with Gasteiger partial charge in [0, 0.05) is 59.6 Å². The first-order valence-corrected chi connectivity index (χ1v) is 26.0. The maximum Gasteiger partial charge on any atom is 0.474 e. The van der Waals surface area contributed by atoms with Crippen molar-refractivity contribution in [2.45, 2.75) is 53.2 Å². The minimum absolute atomic E-state index is 0.0429. The molecule has 1 heterocycles. The third kappa shape index (κ3) is 19.3. The molecule has 71 heavy (non-hydrogen) atoms. The number of hydrogen-bond donors (Lipinski definition) is 1. The summed E-state index contributed by atoms with van der Waals surface area (Å²) in [6, 6.07) is 5.14. The number of amides is 2. The highest BCUT2D eigenvalue weighted by Crippen LogP contribution is 2.48. The second-order valence-corrected chi connectivity index (χ2v) is 21.5. The number of benzene rings is 2. The number of methoxy groups -OCH3 is 4. The third-order valence-corrected chi connectivity index (χ3v) is 15.4. The van der Waals surface area contributed by atoms with Crippen LogP contribution in [-0.4, -0.2) is 138 Å². The smallest absolute Gasteiger partial charge is 0.474 e. The number of thioether (sulfide) groups is 2. The number of carbonyl (C=O) groups is 4. The Morgan fingerprint density at radius 2 is 1.17 bits per heavy atom. The highest BCUT2D eigenvalue weighted by atomic mass is 32.2. The van der Waals surface area contributed by atoms with Crippen LogP contribution in [0.5, 0.6) is 23.0 Å². The van der Waals surface area contributed by atoms with E-state index in [1.807, 2.05) is 0 Å². The molecule has 0 aliphatic carbocycles. The van der Waals surface area contributed by atoms with Crippen molar-refractivity contribution >= 4 is 73.0 Å². The SMILES string of the molecule is COc1cc(COC(=O)N2CCC(C)(C(=O)SCCCCOP(=O)(OC)OC)C2)c([N+](=O)[O-])cc1OC.COc1cc(COC(=O)NCC(C)(C)C(=O)SCCOP(=O)(OC)OC)c([N+](=O)[O-])cc1OC. The molecule has 26 nitrogen and oxygen atoms in total. The van der Waals surface area contributed by atoms with E-state index in [0.717, 1.165) is 11.8 Å².